The average molecular weight is 317 g/mol. The molecule has 1 aliphatic rings. The molecule has 0 radical (unpaired) electrons. The molecule has 0 saturated heterocycles. The van der Waals surface area contributed by atoms with Gasteiger partial charge in [-0.1, -0.05) is 13.8 Å². The molecular formula is C16H19N3O2S. The number of ether oxygens (including phenoxy) is 1. The third-order valence-electron chi connectivity index (χ3n) is 3.74. The summed E-state index contributed by atoms with van der Waals surface area (Å²) < 4.78 is 5.51. The fourth-order valence-electron chi connectivity index (χ4n) is 2.30. The molecule has 6 heteroatoms. The summed E-state index contributed by atoms with van der Waals surface area (Å²) in [6, 6.07) is 5.54. The van der Waals surface area contributed by atoms with Gasteiger partial charge in [0.2, 0.25) is 5.91 Å². The van der Waals surface area contributed by atoms with Gasteiger partial charge in [-0.3, -0.25) is 4.79 Å². The Labute approximate surface area is 133 Å². The van der Waals surface area contributed by atoms with E-state index in [-0.39, 0.29) is 11.8 Å². The predicted molar refractivity (Wildman–Crippen MR) is 88.2 cm³/mol. The van der Waals surface area contributed by atoms with Crippen LogP contribution in [0.15, 0.2) is 23.6 Å². The third kappa shape index (κ3) is 2.98. The summed E-state index contributed by atoms with van der Waals surface area (Å²) in [5.74, 6) is 0.852. The number of aromatic nitrogens is 1. The van der Waals surface area contributed by atoms with Crippen molar-refractivity contribution in [3.63, 3.8) is 0 Å². The van der Waals surface area contributed by atoms with Crippen LogP contribution in [0.25, 0.3) is 11.3 Å². The number of nitrogens with one attached hydrogen (secondary N) is 1. The Balaban J connectivity index is 1.75. The van der Waals surface area contributed by atoms with E-state index >= 15 is 0 Å². The van der Waals surface area contributed by atoms with Crippen LogP contribution >= 0.6 is 11.3 Å². The van der Waals surface area contributed by atoms with Crippen molar-refractivity contribution in [1.29, 1.82) is 0 Å². The first kappa shape index (κ1) is 15.0. The molecule has 1 aromatic heterocycles. The number of hydrogen-bond acceptors (Lipinski definition) is 5. The molecule has 0 bridgehead atoms. The number of carbonyl (C=O) groups excluding carboxylic acids is 1. The Morgan fingerprint density at radius 1 is 1.45 bits per heavy atom. The number of carbonyl (C=O) groups is 1. The highest BCUT2D eigenvalue weighted by Gasteiger charge is 2.19. The molecule has 1 aromatic carbocycles. The molecule has 0 spiro atoms. The number of rotatable bonds is 4. The van der Waals surface area contributed by atoms with Gasteiger partial charge in [0.05, 0.1) is 18.3 Å². The molecular weight excluding hydrogens is 298 g/mol. The molecule has 22 heavy (non-hydrogen) atoms. The molecule has 0 fully saturated rings. The Morgan fingerprint density at radius 2 is 2.27 bits per heavy atom. The van der Waals surface area contributed by atoms with Gasteiger partial charge in [0.15, 0.2) is 5.13 Å². The number of hydrogen-bond donors (Lipinski definition) is 2. The van der Waals surface area contributed by atoms with E-state index in [0.717, 1.165) is 30.0 Å². The van der Waals surface area contributed by atoms with E-state index in [0.29, 0.717) is 5.13 Å². The summed E-state index contributed by atoms with van der Waals surface area (Å²) in [5, 5.41) is 5.30. The summed E-state index contributed by atoms with van der Waals surface area (Å²) in [7, 11) is 0. The second-order valence-electron chi connectivity index (χ2n) is 5.72. The van der Waals surface area contributed by atoms with Crippen LogP contribution in [0.1, 0.15) is 19.4 Å². The highest BCUT2D eigenvalue weighted by atomic mass is 32.1. The van der Waals surface area contributed by atoms with Crippen molar-refractivity contribution < 1.29 is 9.53 Å². The van der Waals surface area contributed by atoms with Gasteiger partial charge in [0, 0.05) is 17.4 Å². The highest BCUT2D eigenvalue weighted by Crippen LogP contribution is 2.31. The quantitative estimate of drug-likeness (QED) is 0.909. The fraction of sp³-hybridized carbons (Fsp3) is 0.375. The molecule has 3 rings (SSSR count). The van der Waals surface area contributed by atoms with Gasteiger partial charge < -0.3 is 15.8 Å². The summed E-state index contributed by atoms with van der Waals surface area (Å²) in [5.41, 5.74) is 8.94. The van der Waals surface area contributed by atoms with Crippen LogP contribution < -0.4 is 15.8 Å². The SMILES string of the molecule is CC(C)[C@H](N)C(=O)Nc1nc(-c2ccc3c(c2)CCO3)cs1. The van der Waals surface area contributed by atoms with E-state index in [9.17, 15) is 4.79 Å². The van der Waals surface area contributed by atoms with Crippen LogP contribution in [0.5, 0.6) is 5.75 Å². The number of nitrogens with two attached hydrogens (primary N) is 1. The second-order valence-corrected chi connectivity index (χ2v) is 6.58. The van der Waals surface area contributed by atoms with Crippen molar-refractivity contribution in [3.8, 4) is 17.0 Å². The average Bonchev–Trinajstić information content (AvgIpc) is 3.13. The van der Waals surface area contributed by atoms with Gasteiger partial charge >= 0.3 is 0 Å². The zero-order valence-corrected chi connectivity index (χ0v) is 13.4. The van der Waals surface area contributed by atoms with E-state index < -0.39 is 6.04 Å². The van der Waals surface area contributed by atoms with Crippen LogP contribution in [0.2, 0.25) is 0 Å². The van der Waals surface area contributed by atoms with Crippen LogP contribution in [0.4, 0.5) is 5.13 Å². The molecule has 1 atom stereocenters. The first-order valence-electron chi connectivity index (χ1n) is 7.32. The van der Waals surface area contributed by atoms with E-state index in [1.807, 2.05) is 31.4 Å². The van der Waals surface area contributed by atoms with E-state index in [1.54, 1.807) is 0 Å². The maximum absolute atomic E-state index is 12.0. The zero-order chi connectivity index (χ0) is 15.7. The number of anilines is 1. The number of nitrogens with zero attached hydrogens (tertiary/aromatic N) is 1. The largest absolute Gasteiger partial charge is 0.493 e. The molecule has 0 aliphatic carbocycles. The van der Waals surface area contributed by atoms with Crippen LogP contribution in [-0.4, -0.2) is 23.5 Å². The van der Waals surface area contributed by atoms with Gasteiger partial charge in [-0.05, 0) is 29.7 Å². The van der Waals surface area contributed by atoms with Crippen LogP contribution in [0, 0.1) is 5.92 Å². The molecule has 3 N–H and O–H groups in total. The smallest absolute Gasteiger partial charge is 0.243 e. The second kappa shape index (κ2) is 6.06. The molecule has 116 valence electrons. The van der Waals surface area contributed by atoms with Gasteiger partial charge in [-0.15, -0.1) is 11.3 Å². The number of thiazole rings is 1. The van der Waals surface area contributed by atoms with Crippen molar-refractivity contribution in [2.75, 3.05) is 11.9 Å². The maximum atomic E-state index is 12.0. The molecule has 5 nitrogen and oxygen atoms in total. The minimum absolute atomic E-state index is 0.0937. The number of fused-ring (bicyclic) bond motifs is 1. The maximum Gasteiger partial charge on any atom is 0.243 e. The van der Waals surface area contributed by atoms with E-state index in [1.165, 1.54) is 16.9 Å². The fourth-order valence-corrected chi connectivity index (χ4v) is 3.02. The van der Waals surface area contributed by atoms with Crippen molar-refractivity contribution in [1.82, 2.24) is 4.98 Å². The van der Waals surface area contributed by atoms with Crippen molar-refractivity contribution >= 4 is 22.4 Å². The summed E-state index contributed by atoms with van der Waals surface area (Å²) >= 11 is 1.41. The minimum atomic E-state index is -0.524. The lowest BCUT2D eigenvalue weighted by molar-refractivity contribution is -0.118. The summed E-state index contributed by atoms with van der Waals surface area (Å²) in [6.45, 7) is 4.58. The number of benzene rings is 1. The Bertz CT molecular complexity index is 696. The van der Waals surface area contributed by atoms with Crippen molar-refractivity contribution in [3.05, 3.63) is 29.1 Å². The van der Waals surface area contributed by atoms with Crippen molar-refractivity contribution in [2.45, 2.75) is 26.3 Å². The Hall–Kier alpha value is -1.92. The first-order valence-corrected chi connectivity index (χ1v) is 8.20. The van der Waals surface area contributed by atoms with Gasteiger partial charge in [-0.2, -0.15) is 0 Å². The normalized spacial score (nSPS) is 14.5. The van der Waals surface area contributed by atoms with Crippen LogP contribution in [-0.2, 0) is 11.2 Å². The lowest BCUT2D eigenvalue weighted by Crippen LogP contribution is -2.39. The number of amides is 1. The Morgan fingerprint density at radius 3 is 3.05 bits per heavy atom. The molecule has 1 amide bonds. The summed E-state index contributed by atoms with van der Waals surface area (Å²) in [6.07, 6.45) is 0.931. The van der Waals surface area contributed by atoms with Gasteiger partial charge in [0.1, 0.15) is 5.75 Å². The van der Waals surface area contributed by atoms with Gasteiger partial charge in [-0.25, -0.2) is 4.98 Å². The van der Waals surface area contributed by atoms with E-state index in [4.69, 9.17) is 10.5 Å². The molecule has 0 unspecified atom stereocenters. The topological polar surface area (TPSA) is 77.2 Å². The van der Waals surface area contributed by atoms with E-state index in [2.05, 4.69) is 16.4 Å². The lowest BCUT2D eigenvalue weighted by Gasteiger charge is -2.13. The zero-order valence-electron chi connectivity index (χ0n) is 12.6. The standard InChI is InChI=1S/C16H19N3O2S/c1-9(2)14(17)15(20)19-16-18-12(8-22-16)10-3-4-13-11(7-10)5-6-21-13/h3-4,7-9,14H,5-6,17H2,1-2H3,(H,18,19,20)/t14-/m0/s1. The lowest BCUT2D eigenvalue weighted by atomic mass is 10.1. The highest BCUT2D eigenvalue weighted by molar-refractivity contribution is 7.14. The predicted octanol–water partition coefficient (Wildman–Crippen LogP) is 2.67. The Kier molecular flexibility index (Phi) is 4.13. The molecule has 2 aromatic rings. The minimum Gasteiger partial charge on any atom is -0.493 e. The third-order valence-corrected chi connectivity index (χ3v) is 4.50. The first-order chi connectivity index (χ1) is 10.5. The summed E-state index contributed by atoms with van der Waals surface area (Å²) in [4.78, 5) is 16.4. The molecule has 1 aliphatic heterocycles. The molecule has 2 heterocycles. The van der Waals surface area contributed by atoms with Crippen LogP contribution in [0.3, 0.4) is 0 Å². The van der Waals surface area contributed by atoms with Gasteiger partial charge in [0.25, 0.3) is 0 Å². The van der Waals surface area contributed by atoms with Crippen molar-refractivity contribution in [2.24, 2.45) is 11.7 Å². The monoisotopic (exact) mass is 317 g/mol. The molecule has 0 saturated carbocycles.